The molecule has 0 aromatic heterocycles. The van der Waals surface area contributed by atoms with Gasteiger partial charge in [0.05, 0.1) is 0 Å². The molecule has 1 heterocycles. The molecule has 1 amide bonds. The van der Waals surface area contributed by atoms with Crippen LogP contribution in [-0.2, 0) is 11.8 Å². The standard InChI is InChI=1S/C22H30N2O/c1-14(15-5-6-15)24-11-10-22-9-3-2-4-18(22)20(24)13-16-7-8-17(21(23)25)12-19(16)22/h7-8,12,14-15,18,20H,2-6,9-11,13H2,1H3,(H2,23,25)/t14-,18?,20+,22+/m0/s1. The quantitative estimate of drug-likeness (QED) is 0.914. The summed E-state index contributed by atoms with van der Waals surface area (Å²) < 4.78 is 0. The maximum atomic E-state index is 11.8. The third-order valence-corrected chi connectivity index (χ3v) is 7.99. The van der Waals surface area contributed by atoms with E-state index in [2.05, 4.69) is 24.0 Å². The minimum Gasteiger partial charge on any atom is -0.366 e. The molecule has 2 bridgehead atoms. The highest BCUT2D eigenvalue weighted by Crippen LogP contribution is 2.56. The van der Waals surface area contributed by atoms with E-state index in [9.17, 15) is 4.79 Å². The molecule has 134 valence electrons. The molecule has 1 aromatic rings. The van der Waals surface area contributed by atoms with Crippen molar-refractivity contribution in [2.45, 2.75) is 75.8 Å². The smallest absolute Gasteiger partial charge is 0.248 e. The van der Waals surface area contributed by atoms with Gasteiger partial charge in [-0.3, -0.25) is 9.69 Å². The van der Waals surface area contributed by atoms with Crippen molar-refractivity contribution in [3.05, 3.63) is 34.9 Å². The van der Waals surface area contributed by atoms with Gasteiger partial charge in [-0.05, 0) is 87.1 Å². The fourth-order valence-electron chi connectivity index (χ4n) is 6.54. The minimum atomic E-state index is -0.284. The summed E-state index contributed by atoms with van der Waals surface area (Å²) in [5.74, 6) is 1.43. The van der Waals surface area contributed by atoms with Crippen LogP contribution in [0, 0.1) is 11.8 Å². The van der Waals surface area contributed by atoms with Crippen molar-refractivity contribution < 1.29 is 4.79 Å². The molecular formula is C22H30N2O. The van der Waals surface area contributed by atoms with E-state index in [1.165, 1.54) is 62.6 Å². The van der Waals surface area contributed by atoms with Gasteiger partial charge in [0.25, 0.3) is 0 Å². The van der Waals surface area contributed by atoms with Gasteiger partial charge in [-0.1, -0.05) is 18.9 Å². The van der Waals surface area contributed by atoms with Crippen molar-refractivity contribution in [1.82, 2.24) is 4.90 Å². The van der Waals surface area contributed by atoms with E-state index >= 15 is 0 Å². The Hall–Kier alpha value is -1.35. The molecule has 4 aliphatic rings. The Morgan fingerprint density at radius 2 is 2.08 bits per heavy atom. The van der Waals surface area contributed by atoms with Gasteiger partial charge in [-0.25, -0.2) is 0 Å². The van der Waals surface area contributed by atoms with Gasteiger partial charge in [0, 0.05) is 23.1 Å². The van der Waals surface area contributed by atoms with E-state index in [4.69, 9.17) is 5.73 Å². The van der Waals surface area contributed by atoms with E-state index in [1.807, 2.05) is 6.07 Å². The van der Waals surface area contributed by atoms with Crippen molar-refractivity contribution in [1.29, 1.82) is 0 Å². The SMILES string of the molecule is C[C@@H](C1CC1)N1CC[C@]23CCCCC2[C@H]1Cc1ccc(C(N)=O)cc13. The van der Waals surface area contributed by atoms with Gasteiger partial charge in [-0.2, -0.15) is 0 Å². The van der Waals surface area contributed by atoms with Crippen LogP contribution in [0.2, 0.25) is 0 Å². The van der Waals surface area contributed by atoms with Crippen LogP contribution >= 0.6 is 0 Å². The number of rotatable bonds is 3. The van der Waals surface area contributed by atoms with Crippen molar-refractivity contribution >= 4 is 5.91 Å². The Morgan fingerprint density at radius 1 is 1.24 bits per heavy atom. The zero-order chi connectivity index (χ0) is 17.2. The summed E-state index contributed by atoms with van der Waals surface area (Å²) in [6, 6.07) is 7.77. The summed E-state index contributed by atoms with van der Waals surface area (Å²) >= 11 is 0. The number of likely N-dealkylation sites (tertiary alicyclic amines) is 1. The minimum absolute atomic E-state index is 0.284. The Balaban J connectivity index is 1.59. The molecule has 3 fully saturated rings. The molecule has 3 aliphatic carbocycles. The Morgan fingerprint density at radius 3 is 2.84 bits per heavy atom. The second-order valence-corrected chi connectivity index (χ2v) is 9.08. The van der Waals surface area contributed by atoms with Crippen LogP contribution < -0.4 is 5.73 Å². The largest absolute Gasteiger partial charge is 0.366 e. The maximum Gasteiger partial charge on any atom is 0.248 e. The molecule has 1 saturated heterocycles. The van der Waals surface area contributed by atoms with Crippen LogP contribution in [0.1, 0.15) is 73.4 Å². The van der Waals surface area contributed by atoms with Crippen LogP contribution in [0.15, 0.2) is 18.2 Å². The lowest BCUT2D eigenvalue weighted by Gasteiger charge is -2.60. The van der Waals surface area contributed by atoms with Gasteiger partial charge >= 0.3 is 0 Å². The predicted octanol–water partition coefficient (Wildman–Crippen LogP) is 3.64. The Kier molecular flexibility index (Phi) is 3.54. The van der Waals surface area contributed by atoms with Gasteiger partial charge in [0.2, 0.25) is 5.91 Å². The first-order valence-electron chi connectivity index (χ1n) is 10.3. The third kappa shape index (κ3) is 2.31. The van der Waals surface area contributed by atoms with Crippen molar-refractivity contribution in [3.63, 3.8) is 0 Å². The average molecular weight is 338 g/mol. The van der Waals surface area contributed by atoms with Gasteiger partial charge < -0.3 is 5.73 Å². The molecule has 5 rings (SSSR count). The number of hydrogen-bond acceptors (Lipinski definition) is 2. The second kappa shape index (κ2) is 5.57. The molecule has 0 radical (unpaired) electrons. The number of piperidine rings is 1. The number of carbonyl (C=O) groups excluding carboxylic acids is 1. The number of hydrogen-bond donors (Lipinski definition) is 1. The first kappa shape index (κ1) is 15.9. The molecule has 1 aromatic carbocycles. The lowest BCUT2D eigenvalue weighted by Crippen LogP contribution is -2.63. The highest BCUT2D eigenvalue weighted by atomic mass is 16.1. The highest BCUT2D eigenvalue weighted by molar-refractivity contribution is 5.93. The van der Waals surface area contributed by atoms with Gasteiger partial charge in [-0.15, -0.1) is 0 Å². The molecule has 1 aliphatic heterocycles. The number of primary amides is 1. The molecular weight excluding hydrogens is 308 g/mol. The van der Waals surface area contributed by atoms with Gasteiger partial charge in [0.15, 0.2) is 0 Å². The first-order chi connectivity index (χ1) is 12.1. The maximum absolute atomic E-state index is 11.8. The van der Waals surface area contributed by atoms with Crippen LogP contribution in [0.3, 0.4) is 0 Å². The summed E-state index contributed by atoms with van der Waals surface area (Å²) in [4.78, 5) is 14.6. The topological polar surface area (TPSA) is 46.3 Å². The fraction of sp³-hybridized carbons (Fsp3) is 0.682. The number of nitrogens with two attached hydrogens (primary N) is 1. The summed E-state index contributed by atoms with van der Waals surface area (Å²) in [7, 11) is 0. The van der Waals surface area contributed by atoms with Crippen LogP contribution in [0.25, 0.3) is 0 Å². The molecule has 1 unspecified atom stereocenters. The van der Waals surface area contributed by atoms with E-state index in [0.29, 0.717) is 17.0 Å². The van der Waals surface area contributed by atoms with E-state index in [-0.39, 0.29) is 5.91 Å². The highest BCUT2D eigenvalue weighted by Gasteiger charge is 2.55. The average Bonchev–Trinajstić information content (AvgIpc) is 3.46. The number of nitrogens with zero attached hydrogens (tertiary/aromatic N) is 1. The van der Waals surface area contributed by atoms with Gasteiger partial charge in [0.1, 0.15) is 0 Å². The molecule has 3 heteroatoms. The molecule has 25 heavy (non-hydrogen) atoms. The number of benzene rings is 1. The Bertz CT molecular complexity index is 710. The molecule has 0 spiro atoms. The number of fused-ring (bicyclic) bond motifs is 1. The molecule has 2 N–H and O–H groups in total. The van der Waals surface area contributed by atoms with Crippen molar-refractivity contribution in [2.24, 2.45) is 17.6 Å². The first-order valence-corrected chi connectivity index (χ1v) is 10.3. The van der Waals surface area contributed by atoms with Crippen LogP contribution in [0.4, 0.5) is 0 Å². The molecule has 3 nitrogen and oxygen atoms in total. The second-order valence-electron chi connectivity index (χ2n) is 9.08. The Labute approximate surface area is 151 Å². The van der Waals surface area contributed by atoms with E-state index < -0.39 is 0 Å². The third-order valence-electron chi connectivity index (χ3n) is 7.99. The summed E-state index contributed by atoms with van der Waals surface area (Å²) in [6.07, 6.45) is 10.7. The van der Waals surface area contributed by atoms with E-state index in [0.717, 1.165) is 24.3 Å². The van der Waals surface area contributed by atoms with E-state index in [1.54, 1.807) is 0 Å². The predicted molar refractivity (Wildman–Crippen MR) is 99.6 cm³/mol. The number of carbonyl (C=O) groups is 1. The fourth-order valence-corrected chi connectivity index (χ4v) is 6.54. The van der Waals surface area contributed by atoms with Crippen molar-refractivity contribution in [2.75, 3.05) is 6.54 Å². The zero-order valence-electron chi connectivity index (χ0n) is 15.3. The summed E-state index contributed by atoms with van der Waals surface area (Å²) in [6.45, 7) is 3.71. The molecule has 2 saturated carbocycles. The lowest BCUT2D eigenvalue weighted by atomic mass is 9.52. The lowest BCUT2D eigenvalue weighted by molar-refractivity contribution is -0.0343. The zero-order valence-corrected chi connectivity index (χ0v) is 15.3. The van der Waals surface area contributed by atoms with Crippen molar-refractivity contribution in [3.8, 4) is 0 Å². The number of amides is 1. The van der Waals surface area contributed by atoms with Crippen LogP contribution in [0.5, 0.6) is 0 Å². The summed E-state index contributed by atoms with van der Waals surface area (Å²) in [5.41, 5.74) is 9.56. The monoisotopic (exact) mass is 338 g/mol. The normalized spacial score (nSPS) is 35.6. The summed E-state index contributed by atoms with van der Waals surface area (Å²) in [5, 5.41) is 0. The molecule has 4 atom stereocenters. The van der Waals surface area contributed by atoms with Crippen LogP contribution in [-0.4, -0.2) is 29.4 Å².